The second kappa shape index (κ2) is 8.06. The number of hydrogen-bond donors (Lipinski definition) is 1. The molecule has 0 radical (unpaired) electrons. The van der Waals surface area contributed by atoms with E-state index in [0.29, 0.717) is 12.6 Å². The lowest BCUT2D eigenvalue weighted by atomic mass is 9.93. The van der Waals surface area contributed by atoms with Gasteiger partial charge in [-0.1, -0.05) is 29.8 Å². The van der Waals surface area contributed by atoms with Crippen LogP contribution in [-0.2, 0) is 25.9 Å². The number of nitrogens with one attached hydrogen (secondary N) is 1. The molecule has 0 saturated heterocycles. The third-order valence-corrected chi connectivity index (χ3v) is 7.85. The van der Waals surface area contributed by atoms with E-state index in [1.165, 1.54) is 16.0 Å². The molecule has 0 saturated carbocycles. The molecule has 7 heteroatoms. The van der Waals surface area contributed by atoms with E-state index in [2.05, 4.69) is 51.9 Å². The number of aryl methyl sites for hydroxylation is 3. The first-order chi connectivity index (χ1) is 14.6. The van der Waals surface area contributed by atoms with Crippen LogP contribution in [0.25, 0.3) is 10.2 Å². The van der Waals surface area contributed by atoms with Gasteiger partial charge in [-0.25, -0.2) is 9.97 Å². The molecule has 5 rings (SSSR count). The van der Waals surface area contributed by atoms with E-state index in [0.717, 1.165) is 52.3 Å². The zero-order valence-corrected chi connectivity index (χ0v) is 18.8. The summed E-state index contributed by atoms with van der Waals surface area (Å²) in [6.45, 7) is 5.47. The molecule has 0 aliphatic heterocycles. The lowest BCUT2D eigenvalue weighted by Crippen LogP contribution is -2.33. The van der Waals surface area contributed by atoms with Gasteiger partial charge in [0.25, 0.3) is 5.56 Å². The van der Waals surface area contributed by atoms with Gasteiger partial charge in [0.2, 0.25) is 0 Å². The van der Waals surface area contributed by atoms with Crippen LogP contribution in [0.3, 0.4) is 0 Å². The molecule has 154 valence electrons. The molecule has 3 aromatic heterocycles. The predicted molar refractivity (Wildman–Crippen MR) is 124 cm³/mol. The minimum atomic E-state index is 0.0859. The average molecular weight is 437 g/mol. The van der Waals surface area contributed by atoms with Crippen LogP contribution in [0.5, 0.6) is 0 Å². The Bertz CT molecular complexity index is 1250. The molecular weight excluding hydrogens is 412 g/mol. The quantitative estimate of drug-likeness (QED) is 0.509. The fraction of sp³-hybridized carbons (Fsp3) is 0.348. The van der Waals surface area contributed by atoms with Gasteiger partial charge in [-0.05, 0) is 44.2 Å². The molecule has 0 amide bonds. The van der Waals surface area contributed by atoms with Crippen molar-refractivity contribution in [1.29, 1.82) is 0 Å². The maximum absolute atomic E-state index is 13.2. The van der Waals surface area contributed by atoms with Crippen LogP contribution in [0.2, 0.25) is 0 Å². The molecule has 1 unspecified atom stereocenters. The van der Waals surface area contributed by atoms with E-state index in [4.69, 9.17) is 0 Å². The van der Waals surface area contributed by atoms with Crippen LogP contribution in [0.4, 0.5) is 0 Å². The Balaban J connectivity index is 1.37. The minimum absolute atomic E-state index is 0.0859. The van der Waals surface area contributed by atoms with Gasteiger partial charge in [-0.3, -0.25) is 9.36 Å². The van der Waals surface area contributed by atoms with Crippen molar-refractivity contribution in [3.63, 3.8) is 0 Å². The number of benzene rings is 1. The molecule has 1 atom stereocenters. The summed E-state index contributed by atoms with van der Waals surface area (Å²) in [5.41, 5.74) is 4.73. The SMILES string of the molecule is Cc1ccc(Cn2cnc3sc4c(c3c2=O)CCC(NCc2nc(C)cs2)C4)cc1. The highest BCUT2D eigenvalue weighted by Crippen LogP contribution is 2.33. The van der Waals surface area contributed by atoms with Crippen molar-refractivity contribution in [3.05, 3.63) is 78.6 Å². The molecule has 30 heavy (non-hydrogen) atoms. The van der Waals surface area contributed by atoms with Crippen molar-refractivity contribution in [3.8, 4) is 0 Å². The summed E-state index contributed by atoms with van der Waals surface area (Å²) in [4.78, 5) is 24.6. The molecule has 5 nitrogen and oxygen atoms in total. The fourth-order valence-corrected chi connectivity index (χ4v) is 6.07. The van der Waals surface area contributed by atoms with Gasteiger partial charge in [-0.2, -0.15) is 0 Å². The van der Waals surface area contributed by atoms with E-state index in [1.807, 2.05) is 6.92 Å². The van der Waals surface area contributed by atoms with Crippen molar-refractivity contribution in [2.45, 2.75) is 52.2 Å². The normalized spacial score (nSPS) is 16.1. The zero-order chi connectivity index (χ0) is 20.7. The summed E-state index contributed by atoms with van der Waals surface area (Å²) in [5.74, 6) is 0. The molecule has 1 aromatic carbocycles. The number of nitrogens with zero attached hydrogens (tertiary/aromatic N) is 3. The fourth-order valence-electron chi connectivity index (χ4n) is 4.09. The molecule has 3 heterocycles. The second-order valence-corrected chi connectivity index (χ2v) is 10.1. The highest BCUT2D eigenvalue weighted by Gasteiger charge is 2.25. The molecule has 4 aromatic rings. The molecule has 0 bridgehead atoms. The number of fused-ring (bicyclic) bond motifs is 3. The summed E-state index contributed by atoms with van der Waals surface area (Å²) in [7, 11) is 0. The maximum atomic E-state index is 13.2. The van der Waals surface area contributed by atoms with Gasteiger partial charge >= 0.3 is 0 Å². The second-order valence-electron chi connectivity index (χ2n) is 8.05. The lowest BCUT2D eigenvalue weighted by Gasteiger charge is -2.23. The Morgan fingerprint density at radius 2 is 2.07 bits per heavy atom. The van der Waals surface area contributed by atoms with Crippen molar-refractivity contribution in [2.24, 2.45) is 0 Å². The molecule has 1 aliphatic carbocycles. The smallest absolute Gasteiger partial charge is 0.262 e. The largest absolute Gasteiger partial charge is 0.307 e. The van der Waals surface area contributed by atoms with Gasteiger partial charge in [-0.15, -0.1) is 22.7 Å². The molecule has 0 fully saturated rings. The van der Waals surface area contributed by atoms with Gasteiger partial charge in [0.1, 0.15) is 9.84 Å². The molecule has 0 spiro atoms. The maximum Gasteiger partial charge on any atom is 0.262 e. The van der Waals surface area contributed by atoms with E-state index in [-0.39, 0.29) is 5.56 Å². The topological polar surface area (TPSA) is 59.8 Å². The standard InChI is InChI=1S/C23H24N4OS2/c1-14-3-5-16(6-4-14)11-27-13-25-22-21(23(27)28)18-8-7-17(9-19(18)30-22)24-10-20-26-15(2)12-29-20/h3-6,12-13,17,24H,7-11H2,1-2H3. The lowest BCUT2D eigenvalue weighted by molar-refractivity contribution is 0.462. The van der Waals surface area contributed by atoms with Crippen molar-refractivity contribution < 1.29 is 0 Å². The van der Waals surface area contributed by atoms with E-state index in [1.54, 1.807) is 33.6 Å². The number of hydrogen-bond acceptors (Lipinski definition) is 6. The van der Waals surface area contributed by atoms with E-state index < -0.39 is 0 Å². The summed E-state index contributed by atoms with van der Waals surface area (Å²) in [6, 6.07) is 8.74. The first-order valence-electron chi connectivity index (χ1n) is 10.3. The van der Waals surface area contributed by atoms with E-state index in [9.17, 15) is 4.79 Å². The first kappa shape index (κ1) is 19.6. The van der Waals surface area contributed by atoms with Gasteiger partial charge in [0, 0.05) is 28.5 Å². The van der Waals surface area contributed by atoms with Crippen LogP contribution in [-0.4, -0.2) is 20.6 Å². The van der Waals surface area contributed by atoms with Crippen molar-refractivity contribution in [1.82, 2.24) is 19.9 Å². The third-order valence-electron chi connectivity index (χ3n) is 5.72. The molecule has 1 N–H and O–H groups in total. The Hall–Kier alpha value is -2.35. The average Bonchev–Trinajstić information content (AvgIpc) is 3.33. The Labute approximate surface area is 183 Å². The first-order valence-corrected chi connectivity index (χ1v) is 12.0. The van der Waals surface area contributed by atoms with Gasteiger partial charge < -0.3 is 5.32 Å². The Kier molecular flexibility index (Phi) is 5.26. The monoisotopic (exact) mass is 436 g/mol. The van der Waals surface area contributed by atoms with Crippen LogP contribution in [0.1, 0.15) is 38.7 Å². The summed E-state index contributed by atoms with van der Waals surface area (Å²) >= 11 is 3.39. The Morgan fingerprint density at radius 3 is 2.83 bits per heavy atom. The van der Waals surface area contributed by atoms with Crippen LogP contribution in [0.15, 0.2) is 40.8 Å². The molecule has 1 aliphatic rings. The highest BCUT2D eigenvalue weighted by atomic mass is 32.1. The summed E-state index contributed by atoms with van der Waals surface area (Å²) < 4.78 is 1.75. The number of thiophene rings is 1. The predicted octanol–water partition coefficient (Wildman–Crippen LogP) is 4.23. The number of thiazole rings is 1. The van der Waals surface area contributed by atoms with E-state index >= 15 is 0 Å². The summed E-state index contributed by atoms with van der Waals surface area (Å²) in [6.07, 6.45) is 4.62. The minimum Gasteiger partial charge on any atom is -0.307 e. The van der Waals surface area contributed by atoms with Crippen LogP contribution >= 0.6 is 22.7 Å². The number of rotatable bonds is 5. The Morgan fingerprint density at radius 1 is 1.23 bits per heavy atom. The van der Waals surface area contributed by atoms with Gasteiger partial charge in [0.15, 0.2) is 0 Å². The van der Waals surface area contributed by atoms with Crippen LogP contribution in [0, 0.1) is 13.8 Å². The third kappa shape index (κ3) is 3.85. The van der Waals surface area contributed by atoms with Crippen LogP contribution < -0.4 is 10.9 Å². The zero-order valence-electron chi connectivity index (χ0n) is 17.1. The van der Waals surface area contributed by atoms with Crippen molar-refractivity contribution in [2.75, 3.05) is 0 Å². The van der Waals surface area contributed by atoms with Crippen molar-refractivity contribution >= 4 is 32.9 Å². The van der Waals surface area contributed by atoms with Gasteiger partial charge in [0.05, 0.1) is 18.3 Å². The molecular formula is C23H24N4OS2. The summed E-state index contributed by atoms with van der Waals surface area (Å²) in [5, 5.41) is 7.71. The number of aromatic nitrogens is 3. The highest BCUT2D eigenvalue weighted by molar-refractivity contribution is 7.18.